The van der Waals surface area contributed by atoms with Gasteiger partial charge in [-0.15, -0.1) is 0 Å². The standard InChI is InChI=1S/C15H19N3O/c16-7-11-12(19)13(18-14(11)17)15-4-8-1-9(5-15)3-10(2-8)6-15/h8-10,13,19H,1-6H2,(H2,17,18). The summed E-state index contributed by atoms with van der Waals surface area (Å²) in [5.74, 6) is 2.80. The molecule has 4 heteroatoms. The number of rotatable bonds is 1. The minimum absolute atomic E-state index is 0.0854. The van der Waals surface area contributed by atoms with E-state index in [4.69, 9.17) is 11.0 Å². The van der Waals surface area contributed by atoms with Gasteiger partial charge < -0.3 is 10.8 Å². The van der Waals surface area contributed by atoms with E-state index in [0.29, 0.717) is 0 Å². The summed E-state index contributed by atoms with van der Waals surface area (Å²) >= 11 is 0. The summed E-state index contributed by atoms with van der Waals surface area (Å²) in [6, 6.07) is 1.76. The van der Waals surface area contributed by atoms with Crippen molar-refractivity contribution in [3.05, 3.63) is 11.3 Å². The Morgan fingerprint density at radius 3 is 2.11 bits per heavy atom. The number of aliphatic hydroxyl groups is 1. The number of nitrogens with zero attached hydrogens (tertiary/aromatic N) is 2. The molecule has 1 heterocycles. The van der Waals surface area contributed by atoms with Crippen molar-refractivity contribution < 1.29 is 5.11 Å². The van der Waals surface area contributed by atoms with Gasteiger partial charge in [0.25, 0.3) is 0 Å². The van der Waals surface area contributed by atoms with Gasteiger partial charge in [-0.25, -0.2) is 0 Å². The van der Waals surface area contributed by atoms with E-state index in [1.165, 1.54) is 19.3 Å². The first-order chi connectivity index (χ1) is 9.11. The van der Waals surface area contributed by atoms with Crippen LogP contribution in [0.5, 0.6) is 0 Å². The molecule has 19 heavy (non-hydrogen) atoms. The molecule has 100 valence electrons. The second kappa shape index (κ2) is 3.53. The van der Waals surface area contributed by atoms with Crippen LogP contribution in [0.25, 0.3) is 0 Å². The second-order valence-electron chi connectivity index (χ2n) is 7.07. The molecular weight excluding hydrogens is 238 g/mol. The number of hydrogen-bond donors (Lipinski definition) is 2. The van der Waals surface area contributed by atoms with Gasteiger partial charge in [-0.3, -0.25) is 4.99 Å². The van der Waals surface area contributed by atoms with Gasteiger partial charge >= 0.3 is 0 Å². The van der Waals surface area contributed by atoms with E-state index in [1.807, 2.05) is 6.07 Å². The SMILES string of the molecule is N#CC1=C(O)C(C23CC4CC(CC(C4)C2)C3)N=C1N. The zero-order valence-corrected chi connectivity index (χ0v) is 11.0. The van der Waals surface area contributed by atoms with Crippen molar-refractivity contribution >= 4 is 5.84 Å². The summed E-state index contributed by atoms with van der Waals surface area (Å²) in [6.45, 7) is 0. The fourth-order valence-corrected chi connectivity index (χ4v) is 5.59. The summed E-state index contributed by atoms with van der Waals surface area (Å²) in [4.78, 5) is 4.46. The molecule has 0 radical (unpaired) electrons. The van der Waals surface area contributed by atoms with E-state index in [2.05, 4.69) is 4.99 Å². The number of aliphatic hydroxyl groups excluding tert-OH is 1. The lowest BCUT2D eigenvalue weighted by Gasteiger charge is -2.58. The number of hydrogen-bond acceptors (Lipinski definition) is 4. The van der Waals surface area contributed by atoms with Crippen molar-refractivity contribution in [2.45, 2.75) is 44.6 Å². The Hall–Kier alpha value is -1.50. The van der Waals surface area contributed by atoms with Crippen molar-refractivity contribution in [3.8, 4) is 6.07 Å². The number of nitrogens with two attached hydrogens (primary N) is 1. The molecule has 4 bridgehead atoms. The highest BCUT2D eigenvalue weighted by Gasteiger charge is 2.56. The van der Waals surface area contributed by atoms with Gasteiger partial charge in [-0.1, -0.05) is 0 Å². The Kier molecular flexibility index (Phi) is 2.11. The topological polar surface area (TPSA) is 82.4 Å². The van der Waals surface area contributed by atoms with Gasteiger partial charge in [0.05, 0.1) is 0 Å². The Bertz CT molecular complexity index is 505. The van der Waals surface area contributed by atoms with E-state index >= 15 is 0 Å². The summed E-state index contributed by atoms with van der Waals surface area (Å²) < 4.78 is 0. The monoisotopic (exact) mass is 257 g/mol. The van der Waals surface area contributed by atoms with Crippen molar-refractivity contribution in [3.63, 3.8) is 0 Å². The summed E-state index contributed by atoms with van der Waals surface area (Å²) in [6.07, 6.45) is 7.55. The van der Waals surface area contributed by atoms with Crippen LogP contribution in [0, 0.1) is 34.5 Å². The molecule has 0 spiro atoms. The second-order valence-corrected chi connectivity index (χ2v) is 7.07. The van der Waals surface area contributed by atoms with Gasteiger partial charge in [0.2, 0.25) is 0 Å². The molecule has 1 unspecified atom stereocenters. The molecule has 0 aromatic rings. The third-order valence-corrected chi connectivity index (χ3v) is 5.82. The normalized spacial score (nSPS) is 47.4. The summed E-state index contributed by atoms with van der Waals surface area (Å²) in [5, 5.41) is 19.4. The average Bonchev–Trinajstić information content (AvgIpc) is 2.63. The number of nitriles is 1. The molecule has 0 amide bonds. The van der Waals surface area contributed by atoms with Crippen LogP contribution in [0.15, 0.2) is 16.3 Å². The van der Waals surface area contributed by atoms with E-state index in [9.17, 15) is 5.11 Å². The zero-order valence-electron chi connectivity index (χ0n) is 11.0. The Balaban J connectivity index is 1.74. The fraction of sp³-hybridized carbons (Fsp3) is 0.733. The molecule has 0 aromatic heterocycles. The number of amidine groups is 1. The van der Waals surface area contributed by atoms with Crippen molar-refractivity contribution in [2.24, 2.45) is 33.9 Å². The molecule has 1 aliphatic heterocycles. The predicted octanol–water partition coefficient (Wildman–Crippen LogP) is 2.28. The lowest BCUT2D eigenvalue weighted by molar-refractivity contribution is -0.0649. The smallest absolute Gasteiger partial charge is 0.140 e. The first kappa shape index (κ1) is 11.3. The molecule has 5 aliphatic rings. The lowest BCUT2D eigenvalue weighted by Crippen LogP contribution is -2.51. The molecule has 4 fully saturated rings. The van der Waals surface area contributed by atoms with Crippen LogP contribution in [-0.2, 0) is 0 Å². The van der Waals surface area contributed by atoms with Crippen molar-refractivity contribution in [1.82, 2.24) is 0 Å². The van der Waals surface area contributed by atoms with E-state index in [1.54, 1.807) is 0 Å². The average molecular weight is 257 g/mol. The fourth-order valence-electron chi connectivity index (χ4n) is 5.59. The van der Waals surface area contributed by atoms with Crippen LogP contribution in [0.4, 0.5) is 0 Å². The maximum absolute atomic E-state index is 10.3. The molecule has 3 N–H and O–H groups in total. The lowest BCUT2D eigenvalue weighted by atomic mass is 9.47. The van der Waals surface area contributed by atoms with Crippen molar-refractivity contribution in [2.75, 3.05) is 0 Å². The maximum Gasteiger partial charge on any atom is 0.140 e. The number of aliphatic imine (C=N–C) groups is 1. The highest BCUT2D eigenvalue weighted by atomic mass is 16.3. The van der Waals surface area contributed by atoms with Crippen LogP contribution in [0.3, 0.4) is 0 Å². The zero-order chi connectivity index (χ0) is 13.2. The molecule has 4 saturated carbocycles. The largest absolute Gasteiger partial charge is 0.508 e. The molecule has 0 saturated heterocycles. The third-order valence-electron chi connectivity index (χ3n) is 5.82. The molecular formula is C15H19N3O. The summed E-state index contributed by atoms with van der Waals surface area (Å²) in [7, 11) is 0. The Morgan fingerprint density at radius 2 is 1.68 bits per heavy atom. The van der Waals surface area contributed by atoms with Crippen molar-refractivity contribution in [1.29, 1.82) is 5.26 Å². The van der Waals surface area contributed by atoms with E-state index in [-0.39, 0.29) is 28.6 Å². The van der Waals surface area contributed by atoms with Gasteiger partial charge in [-0.2, -0.15) is 5.26 Å². The van der Waals surface area contributed by atoms with Gasteiger partial charge in [0, 0.05) is 5.41 Å². The van der Waals surface area contributed by atoms with E-state index in [0.717, 1.165) is 37.0 Å². The van der Waals surface area contributed by atoms with Gasteiger partial charge in [-0.05, 0) is 56.3 Å². The highest BCUT2D eigenvalue weighted by molar-refractivity contribution is 6.03. The quantitative estimate of drug-likeness (QED) is 0.756. The molecule has 4 aliphatic carbocycles. The molecule has 4 nitrogen and oxygen atoms in total. The Labute approximate surface area is 113 Å². The van der Waals surface area contributed by atoms with Crippen LogP contribution >= 0.6 is 0 Å². The maximum atomic E-state index is 10.3. The minimum Gasteiger partial charge on any atom is -0.508 e. The first-order valence-corrected chi connectivity index (χ1v) is 7.28. The van der Waals surface area contributed by atoms with Gasteiger partial charge in [0.15, 0.2) is 0 Å². The van der Waals surface area contributed by atoms with Crippen LogP contribution in [-0.4, -0.2) is 17.0 Å². The predicted molar refractivity (Wildman–Crippen MR) is 71.3 cm³/mol. The van der Waals surface area contributed by atoms with Gasteiger partial charge in [0.1, 0.15) is 29.3 Å². The molecule has 5 rings (SSSR count). The Morgan fingerprint density at radius 1 is 1.16 bits per heavy atom. The summed E-state index contributed by atoms with van der Waals surface area (Å²) in [5.41, 5.74) is 6.09. The highest BCUT2D eigenvalue weighted by Crippen LogP contribution is 2.63. The van der Waals surface area contributed by atoms with E-state index < -0.39 is 0 Å². The van der Waals surface area contributed by atoms with Crippen LogP contribution < -0.4 is 5.73 Å². The van der Waals surface area contributed by atoms with Crippen LogP contribution in [0.1, 0.15) is 38.5 Å². The first-order valence-electron chi connectivity index (χ1n) is 7.28. The minimum atomic E-state index is -0.240. The molecule has 0 aromatic carbocycles. The molecule has 1 atom stereocenters. The third kappa shape index (κ3) is 1.42. The van der Waals surface area contributed by atoms with Crippen LogP contribution in [0.2, 0.25) is 0 Å².